The molecule has 0 radical (unpaired) electrons. The highest BCUT2D eigenvalue weighted by Crippen LogP contribution is 2.19. The summed E-state index contributed by atoms with van der Waals surface area (Å²) in [5.41, 5.74) is 0. The first-order valence-corrected chi connectivity index (χ1v) is 36.8. The molecule has 82 heavy (non-hydrogen) atoms. The summed E-state index contributed by atoms with van der Waals surface area (Å²) in [5.74, 6) is -0.568. The fourth-order valence-corrected chi connectivity index (χ4v) is 11.3. The van der Waals surface area contributed by atoms with Crippen molar-refractivity contribution in [1.29, 1.82) is 0 Å². The van der Waals surface area contributed by atoms with Crippen LogP contribution in [0.4, 0.5) is 0 Å². The molecule has 0 aromatic rings. The van der Waals surface area contributed by atoms with Gasteiger partial charge in [0.2, 0.25) is 0 Å². The fourth-order valence-electron chi connectivity index (χ4n) is 11.3. The second kappa shape index (κ2) is 72.9. The SMILES string of the molecule is CC/C=C\C/C=C\C/C=C\C/C=C\CCCCCCCCCCCCCCCCCCCCC(=O)OC(CO)COC(=O)CCCCCCCCCCCCCCCCCCCCCCCCCCC/C=C\CCCCCCCCCC. The summed E-state index contributed by atoms with van der Waals surface area (Å²) in [6, 6.07) is 0. The lowest BCUT2D eigenvalue weighted by molar-refractivity contribution is -0.161. The Kier molecular flexibility index (Phi) is 70.7. The molecule has 0 amide bonds. The number of aliphatic hydroxyl groups excluding tert-OH is 1. The van der Waals surface area contributed by atoms with Crippen LogP contribution in [-0.4, -0.2) is 36.4 Å². The van der Waals surface area contributed by atoms with Crippen molar-refractivity contribution in [3.05, 3.63) is 60.8 Å². The highest BCUT2D eigenvalue weighted by molar-refractivity contribution is 5.70. The number of carbonyl (C=O) groups excluding carboxylic acids is 2. The smallest absolute Gasteiger partial charge is 0.306 e. The molecule has 0 saturated carbocycles. The molecule has 1 unspecified atom stereocenters. The zero-order chi connectivity index (χ0) is 59.1. The van der Waals surface area contributed by atoms with Gasteiger partial charge in [0.05, 0.1) is 6.61 Å². The van der Waals surface area contributed by atoms with Crippen molar-refractivity contribution in [2.45, 2.75) is 405 Å². The van der Waals surface area contributed by atoms with E-state index in [0.717, 1.165) is 57.8 Å². The highest BCUT2D eigenvalue weighted by atomic mass is 16.6. The maximum absolute atomic E-state index is 12.4. The predicted molar refractivity (Wildman–Crippen MR) is 362 cm³/mol. The van der Waals surface area contributed by atoms with Crippen molar-refractivity contribution in [1.82, 2.24) is 0 Å². The van der Waals surface area contributed by atoms with Crippen LogP contribution in [0, 0.1) is 0 Å². The summed E-state index contributed by atoms with van der Waals surface area (Å²) < 4.78 is 10.8. The average Bonchev–Trinajstić information content (AvgIpc) is 3.49. The molecule has 0 bridgehead atoms. The maximum atomic E-state index is 12.4. The number of carbonyl (C=O) groups is 2. The number of hydrogen-bond acceptors (Lipinski definition) is 5. The lowest BCUT2D eigenvalue weighted by Crippen LogP contribution is -2.28. The molecule has 0 saturated heterocycles. The number of hydrogen-bond donors (Lipinski definition) is 1. The number of rotatable bonds is 69. The Labute approximate surface area is 512 Å². The summed E-state index contributed by atoms with van der Waals surface area (Å²) in [5, 5.41) is 9.71. The summed E-state index contributed by atoms with van der Waals surface area (Å²) in [7, 11) is 0. The van der Waals surface area contributed by atoms with Crippen LogP contribution in [0.15, 0.2) is 60.8 Å². The Morgan fingerprint density at radius 1 is 0.293 bits per heavy atom. The van der Waals surface area contributed by atoms with Gasteiger partial charge in [-0.2, -0.15) is 0 Å². The van der Waals surface area contributed by atoms with Crippen LogP contribution in [0.5, 0.6) is 0 Å². The van der Waals surface area contributed by atoms with Gasteiger partial charge in [-0.25, -0.2) is 0 Å². The summed E-state index contributed by atoms with van der Waals surface area (Å²) in [6.45, 7) is 4.09. The Bertz CT molecular complexity index is 1390. The van der Waals surface area contributed by atoms with E-state index in [1.165, 1.54) is 315 Å². The van der Waals surface area contributed by atoms with Crippen LogP contribution in [0.1, 0.15) is 399 Å². The van der Waals surface area contributed by atoms with Crippen LogP contribution in [-0.2, 0) is 19.1 Å². The van der Waals surface area contributed by atoms with Crippen LogP contribution >= 0.6 is 0 Å². The van der Waals surface area contributed by atoms with Crippen LogP contribution < -0.4 is 0 Å². The zero-order valence-corrected chi connectivity index (χ0v) is 55.3. The number of ether oxygens (including phenoxy) is 2. The molecular weight excluding hydrogens is 1000 g/mol. The molecular formula is C77H142O5. The molecule has 1 atom stereocenters. The normalized spacial score (nSPS) is 12.5. The first-order chi connectivity index (χ1) is 40.6. The molecule has 0 rings (SSSR count). The molecule has 1 N–H and O–H groups in total. The van der Waals surface area contributed by atoms with E-state index in [4.69, 9.17) is 9.47 Å². The van der Waals surface area contributed by atoms with E-state index in [-0.39, 0.29) is 25.2 Å². The predicted octanol–water partition coefficient (Wildman–Crippen LogP) is 25.7. The van der Waals surface area contributed by atoms with E-state index in [1.54, 1.807) is 0 Å². The number of esters is 2. The number of unbranched alkanes of at least 4 members (excludes halogenated alkanes) is 51. The summed E-state index contributed by atoms with van der Waals surface area (Å²) in [6.07, 6.45) is 100.0. The van der Waals surface area contributed by atoms with Gasteiger partial charge in [-0.1, -0.05) is 370 Å². The molecule has 480 valence electrons. The molecule has 5 heteroatoms. The summed E-state index contributed by atoms with van der Waals surface area (Å²) >= 11 is 0. The highest BCUT2D eigenvalue weighted by Gasteiger charge is 2.16. The maximum Gasteiger partial charge on any atom is 0.306 e. The first-order valence-electron chi connectivity index (χ1n) is 36.8. The van der Waals surface area contributed by atoms with Crippen molar-refractivity contribution >= 4 is 11.9 Å². The molecule has 5 nitrogen and oxygen atoms in total. The van der Waals surface area contributed by atoms with Crippen LogP contribution in [0.3, 0.4) is 0 Å². The standard InChI is InChI=1S/C77H142O5/c1-3-5-7-9-11-13-15-17-19-21-23-25-27-29-31-33-35-36-37-38-39-40-42-43-45-47-49-51-53-55-57-59-61-63-65-67-69-71-76(79)81-74-75(73-78)82-77(80)72-70-68-66-64-62-60-58-56-54-52-50-48-46-44-41-34-32-30-28-26-24-22-20-18-16-14-12-10-8-6-4-2/h6,8,12,14,18,20-21,23-24,26,75,78H,3-5,7,9-11,13,15-17,19,22,25,27-74H2,1-2H3/b8-6-,14-12-,20-18-,23-21-,26-24-. The Morgan fingerprint density at radius 2 is 0.524 bits per heavy atom. The Morgan fingerprint density at radius 3 is 0.805 bits per heavy atom. The minimum Gasteiger partial charge on any atom is -0.462 e. The third-order valence-electron chi connectivity index (χ3n) is 16.8. The Hall–Kier alpha value is -2.40. The van der Waals surface area contributed by atoms with Gasteiger partial charge in [-0.3, -0.25) is 9.59 Å². The van der Waals surface area contributed by atoms with E-state index >= 15 is 0 Å². The molecule has 0 aliphatic heterocycles. The van der Waals surface area contributed by atoms with Gasteiger partial charge < -0.3 is 14.6 Å². The van der Waals surface area contributed by atoms with Crippen molar-refractivity contribution < 1.29 is 24.2 Å². The molecule has 0 aromatic heterocycles. The monoisotopic (exact) mass is 1150 g/mol. The molecule has 0 aliphatic carbocycles. The second-order valence-electron chi connectivity index (χ2n) is 25.0. The van der Waals surface area contributed by atoms with Gasteiger partial charge in [-0.05, 0) is 77.0 Å². The molecule has 0 aliphatic rings. The minimum absolute atomic E-state index is 0.0608. The lowest BCUT2D eigenvalue weighted by atomic mass is 10.0. The average molecular weight is 1150 g/mol. The number of allylic oxidation sites excluding steroid dienone is 10. The van der Waals surface area contributed by atoms with E-state index in [2.05, 4.69) is 74.6 Å². The zero-order valence-electron chi connectivity index (χ0n) is 55.3. The third-order valence-corrected chi connectivity index (χ3v) is 16.8. The van der Waals surface area contributed by atoms with Gasteiger partial charge in [0.25, 0.3) is 0 Å². The van der Waals surface area contributed by atoms with Gasteiger partial charge in [0.1, 0.15) is 6.61 Å². The lowest BCUT2D eigenvalue weighted by Gasteiger charge is -2.15. The number of aliphatic hydroxyl groups is 1. The first kappa shape index (κ1) is 79.6. The van der Waals surface area contributed by atoms with E-state index in [1.807, 2.05) is 0 Å². The van der Waals surface area contributed by atoms with Crippen LogP contribution in [0.25, 0.3) is 0 Å². The van der Waals surface area contributed by atoms with Gasteiger partial charge >= 0.3 is 11.9 Å². The largest absolute Gasteiger partial charge is 0.462 e. The van der Waals surface area contributed by atoms with Crippen molar-refractivity contribution in [2.24, 2.45) is 0 Å². The van der Waals surface area contributed by atoms with Crippen molar-refractivity contribution in [3.63, 3.8) is 0 Å². The summed E-state index contributed by atoms with van der Waals surface area (Å²) in [4.78, 5) is 24.7. The van der Waals surface area contributed by atoms with Crippen molar-refractivity contribution in [3.8, 4) is 0 Å². The van der Waals surface area contributed by atoms with Crippen LogP contribution in [0.2, 0.25) is 0 Å². The van der Waals surface area contributed by atoms with E-state index < -0.39 is 6.10 Å². The van der Waals surface area contributed by atoms with E-state index in [9.17, 15) is 14.7 Å². The second-order valence-corrected chi connectivity index (χ2v) is 25.0. The minimum atomic E-state index is -0.772. The van der Waals surface area contributed by atoms with Gasteiger partial charge in [0, 0.05) is 12.8 Å². The molecule has 0 fully saturated rings. The molecule has 0 heterocycles. The molecule has 0 spiro atoms. The third kappa shape index (κ3) is 70.1. The fraction of sp³-hybridized carbons (Fsp3) is 0.844. The van der Waals surface area contributed by atoms with Gasteiger partial charge in [-0.15, -0.1) is 0 Å². The van der Waals surface area contributed by atoms with E-state index in [0.29, 0.717) is 12.8 Å². The quantitative estimate of drug-likeness (QED) is 0.0373. The molecule has 0 aromatic carbocycles. The van der Waals surface area contributed by atoms with Gasteiger partial charge in [0.15, 0.2) is 6.10 Å². The topological polar surface area (TPSA) is 72.8 Å². The van der Waals surface area contributed by atoms with Crippen molar-refractivity contribution in [2.75, 3.05) is 13.2 Å². The Balaban J connectivity index is 3.38.